The van der Waals surface area contributed by atoms with Gasteiger partial charge >= 0.3 is 6.18 Å². The molecule has 0 atom stereocenters. The van der Waals surface area contributed by atoms with Crippen LogP contribution < -0.4 is 10.6 Å². The maximum Gasteiger partial charge on any atom is 0.418 e. The topological polar surface area (TPSA) is 88.9 Å². The summed E-state index contributed by atoms with van der Waals surface area (Å²) in [5.41, 5.74) is 0.401. The molecule has 0 aliphatic rings. The minimum absolute atomic E-state index is 0.162. The van der Waals surface area contributed by atoms with Gasteiger partial charge in [-0.15, -0.1) is 10.2 Å². The molecule has 0 radical (unpaired) electrons. The van der Waals surface area contributed by atoms with E-state index in [4.69, 9.17) is 11.6 Å². The summed E-state index contributed by atoms with van der Waals surface area (Å²) < 4.78 is 41.1. The van der Waals surface area contributed by atoms with E-state index >= 15 is 0 Å². The van der Waals surface area contributed by atoms with Gasteiger partial charge in [-0.1, -0.05) is 47.6 Å². The zero-order chi connectivity index (χ0) is 26.6. The van der Waals surface area contributed by atoms with Crippen molar-refractivity contribution < 1.29 is 22.8 Å². The zero-order valence-corrected chi connectivity index (χ0v) is 20.8. The first kappa shape index (κ1) is 26.2. The van der Waals surface area contributed by atoms with Crippen LogP contribution in [0, 0.1) is 0 Å². The highest BCUT2D eigenvalue weighted by molar-refractivity contribution is 7.99. The minimum Gasteiger partial charge on any atom is -0.325 e. The SMILES string of the molecule is Cn1c(SCC(=O)Nc2ccccc2C(F)(F)F)nnc1-c1ccc(NC(=O)c2ccccc2Cl)cc1. The Bertz CT molecular complexity index is 1440. The van der Waals surface area contributed by atoms with Crippen LogP contribution >= 0.6 is 23.4 Å². The number of nitrogens with zero attached hydrogens (tertiary/aromatic N) is 3. The summed E-state index contributed by atoms with van der Waals surface area (Å²) in [7, 11) is 1.71. The van der Waals surface area contributed by atoms with Crippen molar-refractivity contribution in [2.24, 2.45) is 7.05 Å². The summed E-state index contributed by atoms with van der Waals surface area (Å²) in [6.07, 6.45) is -4.58. The third kappa shape index (κ3) is 6.30. The van der Waals surface area contributed by atoms with Gasteiger partial charge in [-0.2, -0.15) is 13.2 Å². The van der Waals surface area contributed by atoms with E-state index in [1.165, 1.54) is 18.2 Å². The Labute approximate surface area is 219 Å². The van der Waals surface area contributed by atoms with Crippen molar-refractivity contribution in [1.82, 2.24) is 14.8 Å². The number of anilines is 2. The van der Waals surface area contributed by atoms with Crippen LogP contribution in [0.5, 0.6) is 0 Å². The van der Waals surface area contributed by atoms with Crippen LogP contribution in [-0.2, 0) is 18.0 Å². The number of hydrogen-bond acceptors (Lipinski definition) is 5. The Morgan fingerprint density at radius 1 is 0.946 bits per heavy atom. The number of carbonyl (C=O) groups excluding carboxylic acids is 2. The first-order valence-corrected chi connectivity index (χ1v) is 12.1. The number of aromatic nitrogens is 3. The number of thioether (sulfide) groups is 1. The molecular weight excluding hydrogens is 527 g/mol. The summed E-state index contributed by atoms with van der Waals surface area (Å²) in [6.45, 7) is 0. The van der Waals surface area contributed by atoms with Crippen LogP contribution in [0.2, 0.25) is 5.02 Å². The molecule has 7 nitrogen and oxygen atoms in total. The lowest BCUT2D eigenvalue weighted by atomic mass is 10.1. The van der Waals surface area contributed by atoms with Gasteiger partial charge in [0.2, 0.25) is 5.91 Å². The predicted octanol–water partition coefficient (Wildman–Crippen LogP) is 6.14. The number of amides is 2. The number of halogens is 4. The Kier molecular flexibility index (Phi) is 7.84. The molecule has 37 heavy (non-hydrogen) atoms. The van der Waals surface area contributed by atoms with Crippen LogP contribution in [0.4, 0.5) is 24.5 Å². The monoisotopic (exact) mass is 545 g/mol. The lowest BCUT2D eigenvalue weighted by Crippen LogP contribution is -2.18. The molecule has 2 N–H and O–H groups in total. The number of alkyl halides is 3. The Morgan fingerprint density at radius 3 is 2.32 bits per heavy atom. The number of para-hydroxylation sites is 1. The van der Waals surface area contributed by atoms with Crippen molar-refractivity contribution in [3.05, 3.63) is 88.9 Å². The number of benzene rings is 3. The van der Waals surface area contributed by atoms with E-state index in [9.17, 15) is 22.8 Å². The molecule has 0 fully saturated rings. The Hall–Kier alpha value is -3.83. The number of rotatable bonds is 7. The Morgan fingerprint density at radius 2 is 1.62 bits per heavy atom. The second kappa shape index (κ2) is 11.1. The second-order valence-corrected chi connectivity index (χ2v) is 9.11. The molecule has 0 aliphatic carbocycles. The van der Waals surface area contributed by atoms with Gasteiger partial charge in [0.25, 0.3) is 5.91 Å². The van der Waals surface area contributed by atoms with Gasteiger partial charge in [-0.3, -0.25) is 9.59 Å². The van der Waals surface area contributed by atoms with E-state index < -0.39 is 17.6 Å². The van der Waals surface area contributed by atoms with Crippen LogP contribution in [0.25, 0.3) is 11.4 Å². The zero-order valence-electron chi connectivity index (χ0n) is 19.2. The summed E-state index contributed by atoms with van der Waals surface area (Å²) in [4.78, 5) is 24.7. The Balaban J connectivity index is 1.39. The van der Waals surface area contributed by atoms with Gasteiger partial charge < -0.3 is 15.2 Å². The molecule has 0 unspecified atom stereocenters. The summed E-state index contributed by atoms with van der Waals surface area (Å²) in [6, 6.07) is 18.4. The van der Waals surface area contributed by atoms with Crippen molar-refractivity contribution in [2.75, 3.05) is 16.4 Å². The molecule has 4 rings (SSSR count). The molecule has 0 aliphatic heterocycles. The van der Waals surface area contributed by atoms with E-state index in [0.717, 1.165) is 17.8 Å². The molecule has 1 heterocycles. The maximum absolute atomic E-state index is 13.1. The lowest BCUT2D eigenvalue weighted by molar-refractivity contribution is -0.137. The summed E-state index contributed by atoms with van der Waals surface area (Å²) >= 11 is 7.11. The molecule has 3 aromatic carbocycles. The van der Waals surface area contributed by atoms with E-state index in [-0.39, 0.29) is 17.3 Å². The molecule has 0 saturated heterocycles. The van der Waals surface area contributed by atoms with Crippen molar-refractivity contribution in [3.63, 3.8) is 0 Å². The molecule has 2 amide bonds. The fourth-order valence-corrected chi connectivity index (χ4v) is 4.33. The predicted molar refractivity (Wildman–Crippen MR) is 137 cm³/mol. The van der Waals surface area contributed by atoms with Gasteiger partial charge in [0.05, 0.1) is 27.6 Å². The number of nitrogens with one attached hydrogen (secondary N) is 2. The highest BCUT2D eigenvalue weighted by atomic mass is 35.5. The van der Waals surface area contributed by atoms with Gasteiger partial charge in [0, 0.05) is 18.3 Å². The highest BCUT2D eigenvalue weighted by Gasteiger charge is 2.33. The van der Waals surface area contributed by atoms with E-state index in [0.29, 0.717) is 32.8 Å². The molecule has 0 spiro atoms. The molecule has 0 bridgehead atoms. The van der Waals surface area contributed by atoms with Crippen LogP contribution in [0.15, 0.2) is 78.0 Å². The van der Waals surface area contributed by atoms with Crippen LogP contribution in [0.3, 0.4) is 0 Å². The molecule has 4 aromatic rings. The lowest BCUT2D eigenvalue weighted by Gasteiger charge is -2.13. The van der Waals surface area contributed by atoms with Crippen molar-refractivity contribution in [3.8, 4) is 11.4 Å². The summed E-state index contributed by atoms with van der Waals surface area (Å²) in [5.74, 6) is -0.600. The maximum atomic E-state index is 13.1. The quantitative estimate of drug-likeness (QED) is 0.272. The molecular formula is C25H19ClF3N5O2S. The normalized spacial score (nSPS) is 11.3. The largest absolute Gasteiger partial charge is 0.418 e. The molecule has 12 heteroatoms. The first-order valence-electron chi connectivity index (χ1n) is 10.8. The third-order valence-corrected chi connectivity index (χ3v) is 6.54. The van der Waals surface area contributed by atoms with Crippen LogP contribution in [0.1, 0.15) is 15.9 Å². The second-order valence-electron chi connectivity index (χ2n) is 7.76. The van der Waals surface area contributed by atoms with Gasteiger partial charge in [0.1, 0.15) is 0 Å². The first-order chi connectivity index (χ1) is 17.6. The molecule has 0 saturated carbocycles. The highest BCUT2D eigenvalue weighted by Crippen LogP contribution is 2.34. The van der Waals surface area contributed by atoms with Crippen molar-refractivity contribution in [2.45, 2.75) is 11.3 Å². The standard InChI is InChI=1S/C25H19ClF3N5O2S/c1-34-22(15-10-12-16(13-11-15)30-23(36)17-6-2-4-8-19(17)26)32-33-24(34)37-14-21(35)31-20-9-5-3-7-18(20)25(27,28)29/h2-13H,14H2,1H3,(H,30,36)(H,31,35). The fraction of sp³-hybridized carbons (Fsp3) is 0.120. The molecule has 1 aromatic heterocycles. The van der Waals surface area contributed by atoms with Crippen molar-refractivity contribution >= 4 is 46.6 Å². The van der Waals surface area contributed by atoms with Crippen LogP contribution in [-0.4, -0.2) is 32.3 Å². The van der Waals surface area contributed by atoms with Gasteiger partial charge in [0.15, 0.2) is 11.0 Å². The fourth-order valence-electron chi connectivity index (χ4n) is 3.39. The van der Waals surface area contributed by atoms with Gasteiger partial charge in [-0.25, -0.2) is 0 Å². The average Bonchev–Trinajstić information content (AvgIpc) is 3.23. The molecule has 190 valence electrons. The van der Waals surface area contributed by atoms with Crippen molar-refractivity contribution in [1.29, 1.82) is 0 Å². The van der Waals surface area contributed by atoms with E-state index in [1.807, 2.05) is 0 Å². The summed E-state index contributed by atoms with van der Waals surface area (Å²) in [5, 5.41) is 14.1. The minimum atomic E-state index is -4.58. The average molecular weight is 546 g/mol. The van der Waals surface area contributed by atoms with Gasteiger partial charge in [-0.05, 0) is 48.5 Å². The third-order valence-electron chi connectivity index (χ3n) is 5.19. The smallest absolute Gasteiger partial charge is 0.325 e. The number of carbonyl (C=O) groups is 2. The van der Waals surface area contributed by atoms with E-state index in [1.54, 1.807) is 60.1 Å². The van der Waals surface area contributed by atoms with E-state index in [2.05, 4.69) is 20.8 Å². The number of hydrogen-bond donors (Lipinski definition) is 2.